The topological polar surface area (TPSA) is 81.4 Å². The first-order valence-electron chi connectivity index (χ1n) is 6.64. The van der Waals surface area contributed by atoms with Gasteiger partial charge in [-0.15, -0.1) is 15.3 Å². The molecule has 0 amide bonds. The average Bonchev–Trinajstić information content (AvgIpc) is 3.03. The van der Waals surface area contributed by atoms with E-state index < -0.39 is 0 Å². The number of thioether (sulfide) groups is 1. The lowest BCUT2D eigenvalue weighted by atomic mass is 10.2. The van der Waals surface area contributed by atoms with Gasteiger partial charge >= 0.3 is 0 Å². The van der Waals surface area contributed by atoms with E-state index in [9.17, 15) is 0 Å². The van der Waals surface area contributed by atoms with Crippen LogP contribution in [0.3, 0.4) is 0 Å². The van der Waals surface area contributed by atoms with Gasteiger partial charge in [-0.3, -0.25) is 0 Å². The molecule has 2 aromatic heterocycles. The molecular weight excluding hydrogens is 294 g/mol. The lowest BCUT2D eigenvalue weighted by Crippen LogP contribution is -2.07. The summed E-state index contributed by atoms with van der Waals surface area (Å²) in [5.41, 5.74) is 0. The third kappa shape index (κ3) is 4.41. The van der Waals surface area contributed by atoms with E-state index in [0.29, 0.717) is 11.7 Å². The molecule has 2 rings (SSSR count). The Balaban J connectivity index is 1.86. The Bertz CT molecular complexity index is 522. The number of aryl methyl sites for hydroxylation is 1. The minimum absolute atomic E-state index is 0.591. The quantitative estimate of drug-likeness (QED) is 0.749. The van der Waals surface area contributed by atoms with Crippen LogP contribution in [0.25, 0.3) is 0 Å². The summed E-state index contributed by atoms with van der Waals surface area (Å²) in [4.78, 5) is 0. The molecule has 2 aromatic rings. The Morgan fingerprint density at radius 1 is 1.30 bits per heavy atom. The standard InChI is InChI=1S/C11H19N7S2/c1-4-5-18-9(13-16-17-18)7-19-11-15-14-10(20-11)12-6-8(2)3/h8H,4-7H2,1-3H3,(H,12,14). The zero-order valence-electron chi connectivity index (χ0n) is 11.9. The second-order valence-electron chi connectivity index (χ2n) is 4.75. The number of hydrogen-bond acceptors (Lipinski definition) is 8. The Kier molecular flexibility index (Phi) is 5.72. The number of anilines is 1. The molecule has 0 spiro atoms. The van der Waals surface area contributed by atoms with E-state index in [2.05, 4.69) is 51.8 Å². The zero-order chi connectivity index (χ0) is 14.4. The van der Waals surface area contributed by atoms with E-state index >= 15 is 0 Å². The maximum absolute atomic E-state index is 4.16. The number of rotatable bonds is 8. The number of aromatic nitrogens is 6. The predicted octanol–water partition coefficient (Wildman–Crippen LogP) is 2.29. The summed E-state index contributed by atoms with van der Waals surface area (Å²) in [6.07, 6.45) is 1.02. The van der Waals surface area contributed by atoms with Gasteiger partial charge in [0, 0.05) is 13.1 Å². The summed E-state index contributed by atoms with van der Waals surface area (Å²) in [5.74, 6) is 2.18. The first-order chi connectivity index (χ1) is 9.69. The molecule has 7 nitrogen and oxygen atoms in total. The highest BCUT2D eigenvalue weighted by Crippen LogP contribution is 2.27. The largest absolute Gasteiger partial charge is 0.360 e. The van der Waals surface area contributed by atoms with Crippen LogP contribution in [0.4, 0.5) is 5.13 Å². The second-order valence-corrected chi connectivity index (χ2v) is 6.95. The van der Waals surface area contributed by atoms with Crippen molar-refractivity contribution in [3.8, 4) is 0 Å². The summed E-state index contributed by atoms with van der Waals surface area (Å²) < 4.78 is 2.77. The molecule has 1 N–H and O–H groups in total. The highest BCUT2D eigenvalue weighted by atomic mass is 32.2. The van der Waals surface area contributed by atoms with Crippen molar-refractivity contribution in [3.05, 3.63) is 5.82 Å². The Labute approximate surface area is 126 Å². The Hall–Kier alpha value is -1.22. The number of nitrogens with one attached hydrogen (secondary N) is 1. The maximum Gasteiger partial charge on any atom is 0.206 e. The van der Waals surface area contributed by atoms with Crippen LogP contribution >= 0.6 is 23.1 Å². The normalized spacial score (nSPS) is 11.2. The third-order valence-corrected chi connectivity index (χ3v) is 4.44. The predicted molar refractivity (Wildman–Crippen MR) is 80.9 cm³/mol. The molecule has 9 heteroatoms. The van der Waals surface area contributed by atoms with Gasteiger partial charge in [-0.25, -0.2) is 4.68 Å². The van der Waals surface area contributed by atoms with Crippen LogP contribution in [0.1, 0.15) is 33.0 Å². The molecule has 0 aliphatic heterocycles. The van der Waals surface area contributed by atoms with Crippen molar-refractivity contribution in [1.82, 2.24) is 30.4 Å². The SMILES string of the molecule is CCCn1nnnc1CSc1nnc(NCC(C)C)s1. The van der Waals surface area contributed by atoms with Gasteiger partial charge in [-0.05, 0) is 22.8 Å². The second kappa shape index (κ2) is 7.53. The van der Waals surface area contributed by atoms with Gasteiger partial charge in [0.2, 0.25) is 5.13 Å². The van der Waals surface area contributed by atoms with Crippen molar-refractivity contribution in [1.29, 1.82) is 0 Å². The van der Waals surface area contributed by atoms with Gasteiger partial charge in [-0.1, -0.05) is 43.9 Å². The van der Waals surface area contributed by atoms with Crippen LogP contribution in [0.5, 0.6) is 0 Å². The van der Waals surface area contributed by atoms with E-state index in [1.807, 2.05) is 4.68 Å². The molecule has 0 aliphatic rings. The van der Waals surface area contributed by atoms with E-state index in [4.69, 9.17) is 0 Å². The van der Waals surface area contributed by atoms with Gasteiger partial charge < -0.3 is 5.32 Å². The number of hydrogen-bond donors (Lipinski definition) is 1. The molecule has 0 saturated heterocycles. The molecule has 0 aliphatic carbocycles. The van der Waals surface area contributed by atoms with Crippen molar-refractivity contribution < 1.29 is 0 Å². The van der Waals surface area contributed by atoms with Crippen LogP contribution in [-0.2, 0) is 12.3 Å². The molecule has 0 aromatic carbocycles. The molecular formula is C11H19N7S2. The van der Waals surface area contributed by atoms with Crippen LogP contribution in [0, 0.1) is 5.92 Å². The van der Waals surface area contributed by atoms with Crippen LogP contribution in [-0.4, -0.2) is 36.9 Å². The number of tetrazole rings is 1. The summed E-state index contributed by atoms with van der Waals surface area (Å²) in [6.45, 7) is 8.19. The average molecular weight is 313 g/mol. The summed E-state index contributed by atoms with van der Waals surface area (Å²) in [7, 11) is 0. The van der Waals surface area contributed by atoms with Gasteiger partial charge in [0.05, 0.1) is 5.75 Å². The maximum atomic E-state index is 4.16. The van der Waals surface area contributed by atoms with E-state index in [1.165, 1.54) is 0 Å². The monoisotopic (exact) mass is 313 g/mol. The van der Waals surface area contributed by atoms with E-state index in [-0.39, 0.29) is 0 Å². The van der Waals surface area contributed by atoms with E-state index in [1.54, 1.807) is 23.1 Å². The molecule has 0 atom stereocenters. The first kappa shape index (κ1) is 15.2. The van der Waals surface area contributed by atoms with Crippen molar-refractivity contribution >= 4 is 28.2 Å². The smallest absolute Gasteiger partial charge is 0.206 e. The number of nitrogens with zero attached hydrogens (tertiary/aromatic N) is 6. The molecule has 0 radical (unpaired) electrons. The van der Waals surface area contributed by atoms with Gasteiger partial charge in [0.15, 0.2) is 10.2 Å². The summed E-state index contributed by atoms with van der Waals surface area (Å²) in [6, 6.07) is 0. The van der Waals surface area contributed by atoms with Gasteiger partial charge in [0.1, 0.15) is 0 Å². The third-order valence-electron chi connectivity index (χ3n) is 2.43. The minimum Gasteiger partial charge on any atom is -0.360 e. The zero-order valence-corrected chi connectivity index (χ0v) is 13.5. The van der Waals surface area contributed by atoms with Crippen molar-refractivity contribution in [3.63, 3.8) is 0 Å². The lowest BCUT2D eigenvalue weighted by Gasteiger charge is -2.03. The van der Waals surface area contributed by atoms with Crippen molar-refractivity contribution in [2.24, 2.45) is 5.92 Å². The molecule has 110 valence electrons. The molecule has 20 heavy (non-hydrogen) atoms. The van der Waals surface area contributed by atoms with Crippen LogP contribution in [0.2, 0.25) is 0 Å². The van der Waals surface area contributed by atoms with E-state index in [0.717, 1.165) is 34.8 Å². The lowest BCUT2D eigenvalue weighted by molar-refractivity contribution is 0.564. The molecule has 2 heterocycles. The molecule has 0 unspecified atom stereocenters. The Morgan fingerprint density at radius 3 is 2.90 bits per heavy atom. The highest BCUT2D eigenvalue weighted by molar-refractivity contribution is 8.00. The summed E-state index contributed by atoms with van der Waals surface area (Å²) in [5, 5.41) is 24.1. The molecule has 0 bridgehead atoms. The fourth-order valence-electron chi connectivity index (χ4n) is 1.47. The first-order valence-corrected chi connectivity index (χ1v) is 8.44. The van der Waals surface area contributed by atoms with Crippen molar-refractivity contribution in [2.45, 2.75) is 43.8 Å². The fourth-order valence-corrected chi connectivity index (χ4v) is 3.16. The van der Waals surface area contributed by atoms with Crippen molar-refractivity contribution in [2.75, 3.05) is 11.9 Å². The fraction of sp³-hybridized carbons (Fsp3) is 0.727. The Morgan fingerprint density at radius 2 is 2.15 bits per heavy atom. The van der Waals surface area contributed by atoms with Gasteiger partial charge in [0.25, 0.3) is 0 Å². The molecule has 0 fully saturated rings. The summed E-state index contributed by atoms with van der Waals surface area (Å²) >= 11 is 3.18. The van der Waals surface area contributed by atoms with Gasteiger partial charge in [-0.2, -0.15) is 0 Å². The molecule has 0 saturated carbocycles. The van der Waals surface area contributed by atoms with Crippen LogP contribution < -0.4 is 5.32 Å². The van der Waals surface area contributed by atoms with Crippen LogP contribution in [0.15, 0.2) is 4.34 Å². The minimum atomic E-state index is 0.591. The highest BCUT2D eigenvalue weighted by Gasteiger charge is 2.09.